The van der Waals surface area contributed by atoms with Crippen LogP contribution in [0.1, 0.15) is 51.4 Å². The van der Waals surface area contributed by atoms with E-state index >= 15 is 0 Å². The summed E-state index contributed by atoms with van der Waals surface area (Å²) in [5, 5.41) is 28.2. The number of anilines is 1. The Kier molecular flexibility index (Phi) is 7.10. The lowest BCUT2D eigenvalue weighted by Crippen LogP contribution is -2.28. The number of nitrogens with one attached hydrogen (secondary N) is 1. The third-order valence-electron chi connectivity index (χ3n) is 6.83. The average molecular weight is 480 g/mol. The summed E-state index contributed by atoms with van der Waals surface area (Å²) in [6.45, 7) is 0. The molecule has 0 unspecified atom stereocenters. The maximum absolute atomic E-state index is 9.67. The van der Waals surface area contributed by atoms with Crippen molar-refractivity contribution in [3.8, 4) is 10.6 Å². The summed E-state index contributed by atoms with van der Waals surface area (Å²) >= 11 is 1.76. The van der Waals surface area contributed by atoms with Gasteiger partial charge in [-0.2, -0.15) is 0 Å². The van der Waals surface area contributed by atoms with Crippen molar-refractivity contribution in [1.29, 1.82) is 0 Å². The summed E-state index contributed by atoms with van der Waals surface area (Å²) in [4.78, 5) is 5.68. The zero-order chi connectivity index (χ0) is 23.5. The lowest BCUT2D eigenvalue weighted by atomic mass is 9.93. The first-order valence-corrected chi connectivity index (χ1v) is 13.1. The van der Waals surface area contributed by atoms with Crippen LogP contribution in [0.4, 0.5) is 5.82 Å². The molecule has 8 heteroatoms. The highest BCUT2D eigenvalue weighted by atomic mass is 32.1. The van der Waals surface area contributed by atoms with Gasteiger partial charge >= 0.3 is 0 Å². The summed E-state index contributed by atoms with van der Waals surface area (Å²) in [6, 6.07) is 15.3. The van der Waals surface area contributed by atoms with Crippen molar-refractivity contribution in [3.05, 3.63) is 48.7 Å². The summed E-state index contributed by atoms with van der Waals surface area (Å²) in [5.41, 5.74) is 7.45. The first-order chi connectivity index (χ1) is 16.5. The Morgan fingerprint density at radius 2 is 1.62 bits per heavy atom. The molecular weight excluding hydrogens is 446 g/mol. The van der Waals surface area contributed by atoms with Crippen LogP contribution in [-0.4, -0.2) is 49.1 Å². The number of nitrogens with zero attached hydrogens (tertiary/aromatic N) is 3. The smallest absolute Gasteiger partial charge is 0.154 e. The molecule has 2 aliphatic rings. The largest absolute Gasteiger partial charge is 0.393 e. The Hall–Kier alpha value is -2.52. The maximum Gasteiger partial charge on any atom is 0.154 e. The van der Waals surface area contributed by atoms with E-state index in [4.69, 9.17) is 15.9 Å². The first-order valence-electron chi connectivity index (χ1n) is 12.3. The monoisotopic (exact) mass is 479 g/mol. The molecular formula is C26H33N5O2S. The lowest BCUT2D eigenvalue weighted by Gasteiger charge is -2.26. The van der Waals surface area contributed by atoms with Gasteiger partial charge in [0.25, 0.3) is 0 Å². The van der Waals surface area contributed by atoms with Crippen LogP contribution in [0.15, 0.2) is 48.7 Å². The molecule has 34 heavy (non-hydrogen) atoms. The molecule has 0 aliphatic heterocycles. The van der Waals surface area contributed by atoms with Gasteiger partial charge < -0.3 is 21.3 Å². The first kappa shape index (κ1) is 23.2. The molecule has 0 bridgehead atoms. The second-order valence-corrected chi connectivity index (χ2v) is 10.6. The fraction of sp³-hybridized carbons (Fsp3) is 0.462. The minimum absolute atomic E-state index is 0.0604. The maximum atomic E-state index is 9.67. The lowest BCUT2D eigenvalue weighted by molar-refractivity contribution is 0.123. The van der Waals surface area contributed by atoms with Crippen LogP contribution < -0.4 is 11.1 Å². The van der Waals surface area contributed by atoms with Crippen molar-refractivity contribution in [3.63, 3.8) is 0 Å². The van der Waals surface area contributed by atoms with Crippen molar-refractivity contribution in [2.24, 2.45) is 5.73 Å². The topological polar surface area (TPSA) is 109 Å². The molecule has 4 aromatic rings. The van der Waals surface area contributed by atoms with Crippen LogP contribution in [-0.2, 0) is 0 Å². The van der Waals surface area contributed by atoms with Crippen molar-refractivity contribution < 1.29 is 10.2 Å². The average Bonchev–Trinajstić information content (AvgIpc) is 3.46. The number of nitrogens with two attached hydrogens (primary N) is 1. The van der Waals surface area contributed by atoms with Gasteiger partial charge in [0.05, 0.1) is 23.3 Å². The van der Waals surface area contributed by atoms with E-state index < -0.39 is 0 Å². The number of aliphatic hydroxyl groups is 2. The zero-order valence-corrected chi connectivity index (χ0v) is 20.1. The van der Waals surface area contributed by atoms with Crippen LogP contribution >= 0.6 is 11.3 Å². The second-order valence-electron chi connectivity index (χ2n) is 9.50. The predicted molar refractivity (Wildman–Crippen MR) is 138 cm³/mol. The molecule has 0 atom stereocenters. The standard InChI is InChI=1S/C20H20N4OS.C6H13NO/c25-15-7-5-14(6-8-15)22-19-9-10-20-21-12-16(24(20)23-19)18-11-13-3-1-2-4-17(13)26-18;7-5-1-3-6(8)4-2-5/h1-4,9-12,14-15,25H,5-8H2,(H,22,23);5-6,8H,1-4,7H2. The molecule has 2 aliphatic carbocycles. The van der Waals surface area contributed by atoms with E-state index in [2.05, 4.69) is 40.6 Å². The fourth-order valence-corrected chi connectivity index (χ4v) is 5.82. The molecule has 6 rings (SSSR count). The molecule has 0 saturated heterocycles. The summed E-state index contributed by atoms with van der Waals surface area (Å²) in [7, 11) is 0. The van der Waals surface area contributed by atoms with Crippen LogP contribution in [0, 0.1) is 0 Å². The third kappa shape index (κ3) is 5.41. The third-order valence-corrected chi connectivity index (χ3v) is 7.97. The number of thiophene rings is 1. The van der Waals surface area contributed by atoms with Gasteiger partial charge in [-0.3, -0.25) is 0 Å². The van der Waals surface area contributed by atoms with E-state index in [9.17, 15) is 5.11 Å². The number of aromatic nitrogens is 3. The summed E-state index contributed by atoms with van der Waals surface area (Å²) in [6.07, 6.45) is 9.18. The quantitative estimate of drug-likeness (QED) is 0.343. The van der Waals surface area contributed by atoms with Gasteiger partial charge in [0.15, 0.2) is 5.65 Å². The molecule has 3 aromatic heterocycles. The van der Waals surface area contributed by atoms with Gasteiger partial charge in [-0.25, -0.2) is 9.50 Å². The van der Waals surface area contributed by atoms with Gasteiger partial charge in [0.1, 0.15) is 11.5 Å². The highest BCUT2D eigenvalue weighted by molar-refractivity contribution is 7.22. The van der Waals surface area contributed by atoms with Crippen molar-refractivity contribution >= 4 is 32.9 Å². The molecule has 180 valence electrons. The van der Waals surface area contributed by atoms with Crippen molar-refractivity contribution in [2.75, 3.05) is 5.32 Å². The minimum atomic E-state index is -0.142. The van der Waals surface area contributed by atoms with Gasteiger partial charge in [0, 0.05) is 16.8 Å². The highest BCUT2D eigenvalue weighted by Gasteiger charge is 2.20. The van der Waals surface area contributed by atoms with Gasteiger partial charge in [0.2, 0.25) is 0 Å². The summed E-state index contributed by atoms with van der Waals surface area (Å²) < 4.78 is 3.19. The van der Waals surface area contributed by atoms with E-state index in [-0.39, 0.29) is 12.2 Å². The van der Waals surface area contributed by atoms with E-state index in [1.807, 2.05) is 22.8 Å². The van der Waals surface area contributed by atoms with Crippen LogP contribution in [0.5, 0.6) is 0 Å². The van der Waals surface area contributed by atoms with Crippen molar-refractivity contribution in [2.45, 2.75) is 75.7 Å². The van der Waals surface area contributed by atoms with Gasteiger partial charge in [-0.1, -0.05) is 18.2 Å². The fourth-order valence-electron chi connectivity index (χ4n) is 4.76. The molecule has 2 saturated carbocycles. The van der Waals surface area contributed by atoms with E-state index in [1.54, 1.807) is 11.3 Å². The molecule has 3 heterocycles. The van der Waals surface area contributed by atoms with Gasteiger partial charge in [-0.15, -0.1) is 16.4 Å². The second kappa shape index (κ2) is 10.4. The number of aliphatic hydroxyl groups excluding tert-OH is 2. The number of imidazole rings is 1. The predicted octanol–water partition coefficient (Wildman–Crippen LogP) is 4.58. The van der Waals surface area contributed by atoms with Crippen LogP contribution in [0.2, 0.25) is 0 Å². The number of fused-ring (bicyclic) bond motifs is 2. The van der Waals surface area contributed by atoms with E-state index in [0.717, 1.165) is 68.5 Å². The van der Waals surface area contributed by atoms with E-state index in [0.29, 0.717) is 12.1 Å². The Labute approximate surface area is 203 Å². The number of benzene rings is 1. The molecule has 7 nitrogen and oxygen atoms in total. The number of hydrogen-bond donors (Lipinski definition) is 4. The zero-order valence-electron chi connectivity index (χ0n) is 19.3. The number of hydrogen-bond acceptors (Lipinski definition) is 7. The molecule has 2 fully saturated rings. The van der Waals surface area contributed by atoms with Crippen molar-refractivity contribution in [1.82, 2.24) is 14.6 Å². The van der Waals surface area contributed by atoms with Crippen LogP contribution in [0.3, 0.4) is 0 Å². The molecule has 0 amide bonds. The Morgan fingerprint density at radius 3 is 2.32 bits per heavy atom. The van der Waals surface area contributed by atoms with Gasteiger partial charge in [-0.05, 0) is 81.0 Å². The Bertz CT molecular complexity index is 1180. The minimum Gasteiger partial charge on any atom is -0.393 e. The Balaban J connectivity index is 0.000000257. The summed E-state index contributed by atoms with van der Waals surface area (Å²) in [5.74, 6) is 0.860. The Morgan fingerprint density at radius 1 is 0.912 bits per heavy atom. The molecule has 0 spiro atoms. The molecule has 0 radical (unpaired) electrons. The highest BCUT2D eigenvalue weighted by Crippen LogP contribution is 2.33. The van der Waals surface area contributed by atoms with E-state index in [1.165, 1.54) is 15.0 Å². The number of rotatable bonds is 3. The SMILES string of the molecule is NC1CCC(O)CC1.OC1CCC(Nc2ccc3ncc(-c4cc5ccccc5s4)n3n2)CC1. The molecule has 5 N–H and O–H groups in total. The normalized spacial score (nSPS) is 25.1. The van der Waals surface area contributed by atoms with Crippen LogP contribution in [0.25, 0.3) is 26.3 Å². The molecule has 1 aromatic carbocycles.